The van der Waals surface area contributed by atoms with Gasteiger partial charge in [0, 0.05) is 51.6 Å². The molecular formula is C43H61Cl4N10O8P. The predicted molar refractivity (Wildman–Crippen MR) is 264 cm³/mol. The minimum atomic E-state index is -3.10. The molecule has 1 amide bonds. The van der Waals surface area contributed by atoms with Gasteiger partial charge in [0.2, 0.25) is 23.1 Å². The van der Waals surface area contributed by atoms with Crippen molar-refractivity contribution in [1.29, 1.82) is 0 Å². The number of amides is 1. The lowest BCUT2D eigenvalue weighted by atomic mass is 10.0. The van der Waals surface area contributed by atoms with E-state index in [1.165, 1.54) is 17.4 Å². The van der Waals surface area contributed by atoms with Gasteiger partial charge < -0.3 is 40.7 Å². The molecular weight excluding hydrogens is 957 g/mol. The molecule has 2 aromatic heterocycles. The van der Waals surface area contributed by atoms with Crippen molar-refractivity contribution in [3.63, 3.8) is 0 Å². The molecule has 364 valence electrons. The standard InChI is InChI=1S/C15H13Cl2N3O2.C15H22ClNO2.C8H14ClN5.C5H12NO4P/c1-2-7-22-13-9-12(10(16)8-11(13)17)20-15(21)19-6-4-3-5-14(19)18-20;1-5-13-8-6-7-11(2)15(13)17(14(18)9-16)12(3)10-19-4;1-4-10-7-12-6(9)13-8(14-7)11-5(2)3;1-11(9,10)3-2-4(6)5(7)8/h1,8-9H,3-7H2;6-8,12H,5,9-10H2,1-4H3;5H,4H2,1-3H3,(H2,10,11,12,13,14);4H,2-3,6H2,1H3,(H,7,8)(H,9,10). The highest BCUT2D eigenvalue weighted by Crippen LogP contribution is 2.36. The third-order valence-electron chi connectivity index (χ3n) is 9.22. The molecule has 3 unspecified atom stereocenters. The summed E-state index contributed by atoms with van der Waals surface area (Å²) < 4.78 is 24.2. The molecule has 0 bridgehead atoms. The molecule has 23 heteroatoms. The number of carboxylic acid groups (broad SMARTS) is 1. The Morgan fingerprint density at radius 2 is 1.77 bits per heavy atom. The van der Waals surface area contributed by atoms with Crippen LogP contribution in [0, 0.1) is 19.3 Å². The molecule has 3 heterocycles. The van der Waals surface area contributed by atoms with Crippen molar-refractivity contribution >= 4 is 83.2 Å². The second-order valence-corrected chi connectivity index (χ2v) is 19.1. The largest absolute Gasteiger partial charge is 0.480 e. The summed E-state index contributed by atoms with van der Waals surface area (Å²) >= 11 is 23.8. The topological polar surface area (TPSA) is 242 Å². The van der Waals surface area contributed by atoms with E-state index in [0.29, 0.717) is 46.5 Å². The van der Waals surface area contributed by atoms with Gasteiger partial charge in [-0.05, 0) is 89.1 Å². The number of hydrogen-bond donors (Lipinski definition) is 5. The number of halogens is 4. The molecule has 4 aromatic rings. The van der Waals surface area contributed by atoms with E-state index >= 15 is 0 Å². The number of carbonyl (C=O) groups is 2. The number of rotatable bonds is 17. The van der Waals surface area contributed by atoms with Crippen LogP contribution in [0.5, 0.6) is 5.75 Å². The monoisotopic (exact) mass is 1020 g/mol. The number of ether oxygens (including phenoxy) is 2. The third-order valence-corrected chi connectivity index (χ3v) is 11.3. The molecule has 1 aliphatic heterocycles. The predicted octanol–water partition coefficient (Wildman–Crippen LogP) is 7.32. The van der Waals surface area contributed by atoms with Crippen LogP contribution >= 0.6 is 53.8 Å². The average molecular weight is 1020 g/mol. The lowest BCUT2D eigenvalue weighted by Crippen LogP contribution is -2.43. The number of benzene rings is 2. The highest BCUT2D eigenvalue weighted by molar-refractivity contribution is 7.57. The molecule has 0 spiro atoms. The number of methoxy groups -OCH3 is 1. The summed E-state index contributed by atoms with van der Waals surface area (Å²) in [5.41, 5.74) is 8.53. The number of para-hydroxylation sites is 1. The lowest BCUT2D eigenvalue weighted by Gasteiger charge is -2.31. The highest BCUT2D eigenvalue weighted by Gasteiger charge is 2.25. The molecule has 2 aromatic carbocycles. The van der Waals surface area contributed by atoms with Gasteiger partial charge in [-0.3, -0.25) is 18.7 Å². The molecule has 66 heavy (non-hydrogen) atoms. The summed E-state index contributed by atoms with van der Waals surface area (Å²) in [5.74, 6) is 3.25. The average Bonchev–Trinajstić information content (AvgIpc) is 3.58. The molecule has 0 radical (unpaired) electrons. The highest BCUT2D eigenvalue weighted by atomic mass is 35.5. The number of aliphatic carboxylic acids is 1. The summed E-state index contributed by atoms with van der Waals surface area (Å²) in [6.07, 6.45) is 8.85. The Bertz CT molecular complexity index is 2360. The first-order chi connectivity index (χ1) is 31.1. The fraction of sp³-hybridized carbons (Fsp3) is 0.512. The zero-order valence-corrected chi connectivity index (χ0v) is 42.4. The van der Waals surface area contributed by atoms with Crippen LogP contribution in [0.2, 0.25) is 15.3 Å². The molecule has 3 atom stereocenters. The number of hydrogen-bond acceptors (Lipinski definition) is 13. The summed E-state index contributed by atoms with van der Waals surface area (Å²) in [6.45, 7) is 15.2. The maximum atomic E-state index is 12.5. The zero-order chi connectivity index (χ0) is 49.7. The molecule has 0 saturated carbocycles. The van der Waals surface area contributed by atoms with E-state index in [0.717, 1.165) is 54.9 Å². The van der Waals surface area contributed by atoms with Crippen LogP contribution < -0.4 is 31.7 Å². The van der Waals surface area contributed by atoms with E-state index in [1.807, 2.05) is 46.8 Å². The fourth-order valence-electron chi connectivity index (χ4n) is 6.20. The molecule has 0 fully saturated rings. The lowest BCUT2D eigenvalue weighted by molar-refractivity contribution is -0.138. The molecule has 1 aliphatic rings. The molecule has 5 rings (SSSR count). The summed E-state index contributed by atoms with van der Waals surface area (Å²) in [7, 11) is -1.47. The van der Waals surface area contributed by atoms with Crippen LogP contribution in [0.15, 0.2) is 35.1 Å². The number of carbonyl (C=O) groups excluding carboxylic acids is 1. The Morgan fingerprint density at radius 1 is 1.09 bits per heavy atom. The van der Waals surface area contributed by atoms with Crippen LogP contribution in [-0.2, 0) is 38.3 Å². The van der Waals surface area contributed by atoms with E-state index in [-0.39, 0.29) is 54.0 Å². The maximum absolute atomic E-state index is 12.5. The van der Waals surface area contributed by atoms with Crippen molar-refractivity contribution in [2.45, 2.75) is 98.3 Å². The van der Waals surface area contributed by atoms with Gasteiger partial charge in [0.15, 0.2) is 7.37 Å². The Labute approximate surface area is 406 Å². The van der Waals surface area contributed by atoms with Crippen molar-refractivity contribution in [1.82, 2.24) is 29.3 Å². The van der Waals surface area contributed by atoms with Gasteiger partial charge in [-0.15, -0.1) is 23.1 Å². The molecule has 0 aliphatic carbocycles. The number of alkyl halides is 1. The summed E-state index contributed by atoms with van der Waals surface area (Å²) in [4.78, 5) is 57.3. The van der Waals surface area contributed by atoms with Crippen molar-refractivity contribution in [3.8, 4) is 23.8 Å². The Balaban J connectivity index is 0.000000313. The fourth-order valence-corrected chi connectivity index (χ4v) is 7.76. The van der Waals surface area contributed by atoms with Crippen molar-refractivity contribution in [2.24, 2.45) is 5.73 Å². The number of aromatic nitrogens is 6. The second-order valence-electron chi connectivity index (χ2n) is 15.2. The first-order valence-electron chi connectivity index (χ1n) is 21.0. The van der Waals surface area contributed by atoms with E-state index < -0.39 is 19.4 Å². The first-order valence-corrected chi connectivity index (χ1v) is 25.0. The summed E-state index contributed by atoms with van der Waals surface area (Å²) in [6, 6.07) is 8.39. The van der Waals surface area contributed by atoms with Gasteiger partial charge in [-0.2, -0.15) is 19.6 Å². The van der Waals surface area contributed by atoms with Gasteiger partial charge in [-0.25, -0.2) is 4.79 Å². The first kappa shape index (κ1) is 57.7. The van der Waals surface area contributed by atoms with Gasteiger partial charge >= 0.3 is 11.7 Å². The number of anilines is 3. The minimum absolute atomic E-state index is 0.0223. The third kappa shape index (κ3) is 18.7. The number of aryl methyl sites for hydroxylation is 3. The van der Waals surface area contributed by atoms with Gasteiger partial charge in [0.1, 0.15) is 30.1 Å². The molecule has 0 saturated heterocycles. The van der Waals surface area contributed by atoms with E-state index in [1.54, 1.807) is 22.6 Å². The number of nitrogens with one attached hydrogen (secondary N) is 2. The SMILES string of the molecule is C#CCOc1cc(-n2nc3n(c2=O)CCCC3)c(Cl)cc1Cl.CCNc1nc(Cl)nc(NC(C)C)n1.CCc1cccc(C)c1N(C(=O)CCl)C(C)COC.CP(=O)(O)CCC(N)C(=O)O. The van der Waals surface area contributed by atoms with Crippen molar-refractivity contribution < 1.29 is 33.6 Å². The Kier molecular flexibility index (Phi) is 25.1. The van der Waals surface area contributed by atoms with Crippen LogP contribution in [0.3, 0.4) is 0 Å². The summed E-state index contributed by atoms with van der Waals surface area (Å²) in [5, 5.41) is 19.5. The maximum Gasteiger partial charge on any atom is 0.350 e. The normalized spacial score (nSPS) is 13.4. The Morgan fingerprint density at radius 3 is 2.33 bits per heavy atom. The van der Waals surface area contributed by atoms with Gasteiger partial charge in [-0.1, -0.05) is 54.2 Å². The van der Waals surface area contributed by atoms with Crippen molar-refractivity contribution in [3.05, 3.63) is 73.1 Å². The van der Waals surface area contributed by atoms with Crippen LogP contribution in [0.25, 0.3) is 5.69 Å². The quantitative estimate of drug-likeness (QED) is 0.0395. The van der Waals surface area contributed by atoms with Crippen LogP contribution in [0.4, 0.5) is 17.6 Å². The van der Waals surface area contributed by atoms with Crippen LogP contribution in [0.1, 0.15) is 70.8 Å². The number of nitrogens with zero attached hydrogens (tertiary/aromatic N) is 7. The zero-order valence-electron chi connectivity index (χ0n) is 38.5. The van der Waals surface area contributed by atoms with E-state index in [2.05, 4.69) is 49.6 Å². The molecule has 18 nitrogen and oxygen atoms in total. The number of nitrogens with two attached hydrogens (primary N) is 1. The Hall–Kier alpha value is -4.44. The second kappa shape index (κ2) is 28.7. The van der Waals surface area contributed by atoms with Crippen molar-refractivity contribution in [2.75, 3.05) is 61.1 Å². The van der Waals surface area contributed by atoms with E-state index in [9.17, 15) is 18.9 Å². The number of fused-ring (bicyclic) bond motifs is 1. The van der Waals surface area contributed by atoms with Gasteiger partial charge in [0.25, 0.3) is 0 Å². The van der Waals surface area contributed by atoms with Gasteiger partial charge in [0.05, 0.1) is 34.1 Å². The smallest absolute Gasteiger partial charge is 0.350 e. The minimum Gasteiger partial charge on any atom is -0.480 e. The molecule has 6 N–H and O–H groups in total. The number of carboxylic acids is 1. The van der Waals surface area contributed by atoms with E-state index in [4.69, 9.17) is 78.0 Å². The number of terminal acetylenes is 1. The van der Waals surface area contributed by atoms with Crippen LogP contribution in [-0.4, -0.2) is 115 Å².